The molecule has 0 bridgehead atoms. The van der Waals surface area contributed by atoms with Crippen molar-refractivity contribution in [3.63, 3.8) is 0 Å². The fourth-order valence-electron chi connectivity index (χ4n) is 2.35. The second kappa shape index (κ2) is 9.19. The van der Waals surface area contributed by atoms with Gasteiger partial charge in [0, 0.05) is 20.0 Å². The summed E-state index contributed by atoms with van der Waals surface area (Å²) < 4.78 is 22.3. The van der Waals surface area contributed by atoms with Crippen LogP contribution >= 0.6 is 0 Å². The Kier molecular flexibility index (Phi) is 7.24. The highest BCUT2D eigenvalue weighted by Gasteiger charge is 2.30. The lowest BCUT2D eigenvalue weighted by molar-refractivity contribution is -0.0382. The molecule has 0 saturated heterocycles. The number of aromatic nitrogens is 1. The molecule has 1 saturated carbocycles. The van der Waals surface area contributed by atoms with Gasteiger partial charge >= 0.3 is 0 Å². The van der Waals surface area contributed by atoms with E-state index in [2.05, 4.69) is 16.8 Å². The predicted octanol–water partition coefficient (Wildman–Crippen LogP) is 3.21. The maximum absolute atomic E-state index is 5.84. The Morgan fingerprint density at radius 1 is 1.20 bits per heavy atom. The van der Waals surface area contributed by atoms with E-state index in [1.54, 1.807) is 13.3 Å². The molecule has 1 aliphatic carbocycles. The molecule has 0 unspecified atom stereocenters. The number of ether oxygens (including phenoxy) is 4. The van der Waals surface area contributed by atoms with E-state index in [1.807, 2.05) is 39.8 Å². The Bertz CT molecular complexity index is 580. The molecule has 0 N–H and O–H groups in total. The molecule has 0 aromatic carbocycles. The van der Waals surface area contributed by atoms with Crippen LogP contribution in [0, 0.1) is 11.8 Å². The van der Waals surface area contributed by atoms with E-state index >= 15 is 0 Å². The molecule has 5 nitrogen and oxygen atoms in total. The van der Waals surface area contributed by atoms with Crippen molar-refractivity contribution in [3.05, 3.63) is 24.0 Å². The van der Waals surface area contributed by atoms with Crippen molar-refractivity contribution < 1.29 is 18.9 Å². The highest BCUT2D eigenvalue weighted by molar-refractivity contribution is 5.33. The lowest BCUT2D eigenvalue weighted by atomic mass is 9.92. The fourth-order valence-corrected chi connectivity index (χ4v) is 2.35. The van der Waals surface area contributed by atoms with Crippen molar-refractivity contribution in [2.24, 2.45) is 0 Å². The lowest BCUT2D eigenvalue weighted by Gasteiger charge is -2.33. The smallest absolute Gasteiger partial charge is 0.138 e. The number of nitrogens with zero attached hydrogens (tertiary/aromatic N) is 1. The zero-order chi connectivity index (χ0) is 18.3. The minimum atomic E-state index is -0.543. The van der Waals surface area contributed by atoms with Crippen molar-refractivity contribution in [2.45, 2.75) is 64.4 Å². The van der Waals surface area contributed by atoms with Gasteiger partial charge in [0.05, 0.1) is 31.6 Å². The van der Waals surface area contributed by atoms with E-state index in [4.69, 9.17) is 18.9 Å². The van der Waals surface area contributed by atoms with Gasteiger partial charge < -0.3 is 18.9 Å². The first kappa shape index (κ1) is 19.7. The number of rotatable bonds is 8. The normalized spacial score (nSPS) is 19.9. The van der Waals surface area contributed by atoms with Crippen LogP contribution in [0.25, 0.3) is 0 Å². The lowest BCUT2D eigenvalue weighted by Crippen LogP contribution is -2.38. The van der Waals surface area contributed by atoms with Crippen molar-refractivity contribution in [3.8, 4) is 17.6 Å². The first-order chi connectivity index (χ1) is 11.9. The maximum atomic E-state index is 5.84. The van der Waals surface area contributed by atoms with Gasteiger partial charge in [-0.3, -0.25) is 0 Å². The Morgan fingerprint density at radius 2 is 1.96 bits per heavy atom. The van der Waals surface area contributed by atoms with E-state index in [1.165, 1.54) is 0 Å². The molecule has 25 heavy (non-hydrogen) atoms. The molecule has 5 heteroatoms. The first-order valence-corrected chi connectivity index (χ1v) is 8.82. The molecule has 1 heterocycles. The molecule has 0 aliphatic heterocycles. The van der Waals surface area contributed by atoms with Crippen molar-refractivity contribution >= 4 is 0 Å². The van der Waals surface area contributed by atoms with Crippen LogP contribution in [0.1, 0.15) is 46.2 Å². The standard InChI is InChI=1S/C20H29NO4/c1-15(2)23-10-11-24-20(3,4)9-8-16-6-7-17(14-21-16)25-19-12-18(13-19)22-5/h6-7,14-15,18-19H,10-13H2,1-5H3. The number of hydrogen-bond acceptors (Lipinski definition) is 5. The average Bonchev–Trinajstić information content (AvgIpc) is 2.54. The highest BCUT2D eigenvalue weighted by Crippen LogP contribution is 2.27. The molecule has 0 amide bonds. The van der Waals surface area contributed by atoms with Gasteiger partial charge in [0.25, 0.3) is 0 Å². The number of pyridine rings is 1. The second-order valence-corrected chi connectivity index (χ2v) is 6.98. The SMILES string of the molecule is COC1CC(Oc2ccc(C#CC(C)(C)OCCOC(C)C)nc2)C1. The van der Waals surface area contributed by atoms with Crippen molar-refractivity contribution in [1.82, 2.24) is 4.98 Å². The summed E-state index contributed by atoms with van der Waals surface area (Å²) in [6.07, 6.45) is 4.35. The minimum absolute atomic E-state index is 0.211. The number of methoxy groups -OCH3 is 1. The molecule has 0 atom stereocenters. The molecule has 138 valence electrons. The Balaban J connectivity index is 1.79. The van der Waals surface area contributed by atoms with E-state index in [0.29, 0.717) is 25.0 Å². The van der Waals surface area contributed by atoms with Gasteiger partial charge in [0.1, 0.15) is 23.1 Å². The molecule has 1 aromatic rings. The molecule has 2 rings (SSSR count). The molecule has 1 fully saturated rings. The monoisotopic (exact) mass is 347 g/mol. The van der Waals surface area contributed by atoms with Crippen LogP contribution in [-0.4, -0.2) is 49.2 Å². The molecular weight excluding hydrogens is 318 g/mol. The summed E-state index contributed by atoms with van der Waals surface area (Å²) in [6.45, 7) is 8.98. The third kappa shape index (κ3) is 7.03. The van der Waals surface area contributed by atoms with E-state index < -0.39 is 5.60 Å². The van der Waals surface area contributed by atoms with Gasteiger partial charge in [-0.15, -0.1) is 0 Å². The summed E-state index contributed by atoms with van der Waals surface area (Å²) in [5, 5.41) is 0. The van der Waals surface area contributed by atoms with Gasteiger partial charge in [-0.2, -0.15) is 0 Å². The topological polar surface area (TPSA) is 49.8 Å². The summed E-state index contributed by atoms with van der Waals surface area (Å²) >= 11 is 0. The largest absolute Gasteiger partial charge is 0.489 e. The van der Waals surface area contributed by atoms with E-state index in [0.717, 1.165) is 18.6 Å². The van der Waals surface area contributed by atoms with Gasteiger partial charge in [-0.25, -0.2) is 4.98 Å². The molecule has 1 aliphatic rings. The van der Waals surface area contributed by atoms with E-state index in [9.17, 15) is 0 Å². The molecule has 1 aromatic heterocycles. The zero-order valence-electron chi connectivity index (χ0n) is 15.9. The molecular formula is C20H29NO4. The summed E-state index contributed by atoms with van der Waals surface area (Å²) in [5.41, 5.74) is 0.156. The van der Waals surface area contributed by atoms with Gasteiger partial charge in [-0.1, -0.05) is 5.92 Å². The van der Waals surface area contributed by atoms with Crippen LogP contribution in [0.4, 0.5) is 0 Å². The highest BCUT2D eigenvalue weighted by atomic mass is 16.5. The van der Waals surface area contributed by atoms with Crippen LogP contribution in [0.2, 0.25) is 0 Å². The van der Waals surface area contributed by atoms with E-state index in [-0.39, 0.29) is 12.2 Å². The van der Waals surface area contributed by atoms with Crippen LogP contribution in [0.3, 0.4) is 0 Å². The Hall–Kier alpha value is -1.61. The van der Waals surface area contributed by atoms with Crippen LogP contribution < -0.4 is 4.74 Å². The Morgan fingerprint density at radius 3 is 2.56 bits per heavy atom. The van der Waals surface area contributed by atoms with Crippen LogP contribution in [0.5, 0.6) is 5.75 Å². The average molecular weight is 347 g/mol. The Labute approximate surface area is 151 Å². The summed E-state index contributed by atoms with van der Waals surface area (Å²) in [7, 11) is 1.73. The van der Waals surface area contributed by atoms with Crippen molar-refractivity contribution in [2.75, 3.05) is 20.3 Å². The third-order valence-corrected chi connectivity index (χ3v) is 3.91. The quantitative estimate of drug-likeness (QED) is 0.534. The first-order valence-electron chi connectivity index (χ1n) is 8.82. The van der Waals surface area contributed by atoms with Gasteiger partial charge in [0.2, 0.25) is 0 Å². The molecule has 0 spiro atoms. The fraction of sp³-hybridized carbons (Fsp3) is 0.650. The minimum Gasteiger partial charge on any atom is -0.489 e. The van der Waals surface area contributed by atoms with Crippen LogP contribution in [0.15, 0.2) is 18.3 Å². The maximum Gasteiger partial charge on any atom is 0.138 e. The van der Waals surface area contributed by atoms with Crippen molar-refractivity contribution in [1.29, 1.82) is 0 Å². The van der Waals surface area contributed by atoms with Gasteiger partial charge in [0.15, 0.2) is 0 Å². The summed E-state index contributed by atoms with van der Waals surface area (Å²) in [4.78, 5) is 4.34. The molecule has 0 radical (unpaired) electrons. The summed E-state index contributed by atoms with van der Waals surface area (Å²) in [5.74, 6) is 6.94. The summed E-state index contributed by atoms with van der Waals surface area (Å²) in [6, 6.07) is 3.77. The second-order valence-electron chi connectivity index (χ2n) is 6.98. The van der Waals surface area contributed by atoms with Gasteiger partial charge in [-0.05, 0) is 45.7 Å². The van der Waals surface area contributed by atoms with Crippen LogP contribution in [-0.2, 0) is 14.2 Å². The zero-order valence-corrected chi connectivity index (χ0v) is 15.9. The number of hydrogen-bond donors (Lipinski definition) is 0. The third-order valence-electron chi connectivity index (χ3n) is 3.91. The predicted molar refractivity (Wildman–Crippen MR) is 96.7 cm³/mol.